The van der Waals surface area contributed by atoms with E-state index in [1.807, 2.05) is 41.3 Å². The number of aromatic nitrogens is 4. The summed E-state index contributed by atoms with van der Waals surface area (Å²) in [6, 6.07) is 14.7. The first-order valence-electron chi connectivity index (χ1n) is 12.5. The van der Waals surface area contributed by atoms with Gasteiger partial charge in [-0.15, -0.1) is 0 Å². The van der Waals surface area contributed by atoms with E-state index in [2.05, 4.69) is 22.0 Å². The summed E-state index contributed by atoms with van der Waals surface area (Å²) in [5.41, 5.74) is 3.87. The highest BCUT2D eigenvalue weighted by atomic mass is 19.4. The number of carboxylic acids is 2. The molecule has 1 saturated heterocycles. The van der Waals surface area contributed by atoms with Gasteiger partial charge in [-0.05, 0) is 66.9 Å². The third-order valence-corrected chi connectivity index (χ3v) is 6.02. The molecule has 0 bridgehead atoms. The molecule has 0 aliphatic carbocycles. The number of hydrogen-bond donors (Lipinski definition) is 2. The van der Waals surface area contributed by atoms with Crippen LogP contribution in [0.5, 0.6) is 0 Å². The van der Waals surface area contributed by atoms with E-state index in [1.54, 1.807) is 6.07 Å². The molecular formula is C27H24F7N5O4. The molecule has 4 heterocycles. The highest BCUT2D eigenvalue weighted by Crippen LogP contribution is 2.27. The summed E-state index contributed by atoms with van der Waals surface area (Å²) in [7, 11) is 0. The smallest absolute Gasteiger partial charge is 0.475 e. The van der Waals surface area contributed by atoms with E-state index >= 15 is 0 Å². The minimum absolute atomic E-state index is 0.238. The fourth-order valence-electron chi connectivity index (χ4n) is 4.07. The fraction of sp³-hybridized carbons (Fsp3) is 0.296. The van der Waals surface area contributed by atoms with Gasteiger partial charge in [-0.1, -0.05) is 12.1 Å². The first kappa shape index (κ1) is 32.9. The molecule has 0 saturated carbocycles. The molecule has 43 heavy (non-hydrogen) atoms. The van der Waals surface area contributed by atoms with Crippen molar-refractivity contribution < 1.29 is 50.5 Å². The minimum atomic E-state index is -5.08. The standard InChI is InChI=1S/C23H22FN5.2C2HF3O2/c24-21-5-1-3-18(13-21)19-6-7-22-26-23(27-29(22)16-19)20-4-2-12-28(15-20)14-17-8-10-25-11-9-17;2*3-2(4,5)1(6)7/h1,3,5-11,13,16,20H,2,4,12,14-15H2;2*(H,6,7). The van der Waals surface area contributed by atoms with Crippen LogP contribution in [0.15, 0.2) is 67.1 Å². The van der Waals surface area contributed by atoms with Crippen molar-refractivity contribution in [2.24, 2.45) is 0 Å². The van der Waals surface area contributed by atoms with Crippen molar-refractivity contribution in [2.75, 3.05) is 13.1 Å². The lowest BCUT2D eigenvalue weighted by Gasteiger charge is -2.31. The van der Waals surface area contributed by atoms with Gasteiger partial charge in [0.25, 0.3) is 0 Å². The third-order valence-electron chi connectivity index (χ3n) is 6.02. The van der Waals surface area contributed by atoms with E-state index in [9.17, 15) is 30.7 Å². The van der Waals surface area contributed by atoms with Gasteiger partial charge in [-0.25, -0.2) is 23.5 Å². The van der Waals surface area contributed by atoms with Crippen molar-refractivity contribution in [3.63, 3.8) is 0 Å². The number of rotatable bonds is 4. The van der Waals surface area contributed by atoms with E-state index in [1.165, 1.54) is 17.7 Å². The number of hydrogen-bond acceptors (Lipinski definition) is 6. The molecule has 1 fully saturated rings. The summed E-state index contributed by atoms with van der Waals surface area (Å²) >= 11 is 0. The number of pyridine rings is 2. The zero-order chi connectivity index (χ0) is 31.8. The van der Waals surface area contributed by atoms with Gasteiger partial charge in [0.2, 0.25) is 0 Å². The minimum Gasteiger partial charge on any atom is -0.475 e. The maximum absolute atomic E-state index is 13.6. The predicted octanol–water partition coefficient (Wildman–Crippen LogP) is 5.58. The number of carbonyl (C=O) groups is 2. The van der Waals surface area contributed by atoms with Gasteiger partial charge in [-0.3, -0.25) is 9.88 Å². The molecule has 1 aliphatic heterocycles. The lowest BCUT2D eigenvalue weighted by molar-refractivity contribution is -0.193. The monoisotopic (exact) mass is 615 g/mol. The third kappa shape index (κ3) is 10.0. The Labute approximate surface area is 239 Å². The Morgan fingerprint density at radius 3 is 2.12 bits per heavy atom. The van der Waals surface area contributed by atoms with E-state index in [-0.39, 0.29) is 5.82 Å². The second-order valence-electron chi connectivity index (χ2n) is 9.24. The molecule has 1 atom stereocenters. The lowest BCUT2D eigenvalue weighted by atomic mass is 9.97. The summed E-state index contributed by atoms with van der Waals surface area (Å²) in [5, 5.41) is 19.0. The first-order valence-corrected chi connectivity index (χ1v) is 12.5. The average molecular weight is 616 g/mol. The number of aliphatic carboxylic acids is 2. The van der Waals surface area contributed by atoms with Crippen LogP contribution in [0.4, 0.5) is 30.7 Å². The number of likely N-dealkylation sites (tertiary alicyclic amines) is 1. The average Bonchev–Trinajstić information content (AvgIpc) is 3.37. The van der Waals surface area contributed by atoms with Gasteiger partial charge < -0.3 is 10.2 Å². The molecule has 3 aromatic heterocycles. The van der Waals surface area contributed by atoms with E-state index < -0.39 is 24.3 Å². The number of piperidine rings is 1. The number of alkyl halides is 6. The van der Waals surface area contributed by atoms with Gasteiger partial charge in [0, 0.05) is 43.2 Å². The summed E-state index contributed by atoms with van der Waals surface area (Å²) in [6.45, 7) is 2.97. The van der Waals surface area contributed by atoms with Crippen LogP contribution >= 0.6 is 0 Å². The van der Waals surface area contributed by atoms with Crippen LogP contribution in [0.2, 0.25) is 0 Å². The Morgan fingerprint density at radius 2 is 1.53 bits per heavy atom. The van der Waals surface area contributed by atoms with Crippen molar-refractivity contribution in [2.45, 2.75) is 37.7 Å². The van der Waals surface area contributed by atoms with Gasteiger partial charge in [-0.2, -0.15) is 31.4 Å². The molecular weight excluding hydrogens is 591 g/mol. The summed E-state index contributed by atoms with van der Waals surface area (Å²) in [5.74, 6) is -4.54. The Bertz CT molecular complexity index is 1500. The number of carboxylic acid groups (broad SMARTS) is 2. The molecule has 16 heteroatoms. The Balaban J connectivity index is 0.000000303. The molecule has 1 aromatic carbocycles. The van der Waals surface area contributed by atoms with Gasteiger partial charge in [0.1, 0.15) is 5.82 Å². The van der Waals surface area contributed by atoms with Gasteiger partial charge in [0.15, 0.2) is 11.5 Å². The van der Waals surface area contributed by atoms with E-state index in [4.69, 9.17) is 29.9 Å². The van der Waals surface area contributed by atoms with Crippen LogP contribution in [0, 0.1) is 5.82 Å². The van der Waals surface area contributed by atoms with Crippen LogP contribution in [0.25, 0.3) is 16.8 Å². The summed E-state index contributed by atoms with van der Waals surface area (Å²) < 4.78 is 78.9. The molecule has 0 amide bonds. The molecule has 5 rings (SSSR count). The molecule has 0 radical (unpaired) electrons. The molecule has 4 aromatic rings. The van der Waals surface area contributed by atoms with Crippen molar-refractivity contribution in [3.05, 3.63) is 84.3 Å². The second kappa shape index (κ2) is 14.0. The Morgan fingerprint density at radius 1 is 0.907 bits per heavy atom. The maximum atomic E-state index is 13.6. The second-order valence-corrected chi connectivity index (χ2v) is 9.24. The first-order chi connectivity index (χ1) is 20.1. The number of halogens is 7. The topological polar surface area (TPSA) is 121 Å². The van der Waals surface area contributed by atoms with Crippen molar-refractivity contribution in [1.29, 1.82) is 0 Å². The van der Waals surface area contributed by atoms with Gasteiger partial charge >= 0.3 is 24.3 Å². The molecule has 230 valence electrons. The molecule has 1 aliphatic rings. The Kier molecular flexibility index (Phi) is 10.7. The number of nitrogens with zero attached hydrogens (tertiary/aromatic N) is 5. The van der Waals surface area contributed by atoms with E-state index in [0.717, 1.165) is 55.1 Å². The molecule has 9 nitrogen and oxygen atoms in total. The van der Waals surface area contributed by atoms with E-state index in [0.29, 0.717) is 5.92 Å². The normalized spacial score (nSPS) is 15.6. The summed E-state index contributed by atoms with van der Waals surface area (Å²) in [6.07, 6.45) is -2.31. The maximum Gasteiger partial charge on any atom is 0.490 e. The SMILES string of the molecule is Fc1cccc(-c2ccc3nc(C4CCCN(Cc5ccncc5)C4)nn3c2)c1.O=C(O)C(F)(F)F.O=C(O)C(F)(F)F. The van der Waals surface area contributed by atoms with Crippen LogP contribution < -0.4 is 0 Å². The van der Waals surface area contributed by atoms with Crippen molar-refractivity contribution in [1.82, 2.24) is 24.5 Å². The highest BCUT2D eigenvalue weighted by Gasteiger charge is 2.38. The Hall–Kier alpha value is -4.60. The molecule has 1 unspecified atom stereocenters. The van der Waals surface area contributed by atoms with Crippen LogP contribution in [0.1, 0.15) is 30.1 Å². The highest BCUT2D eigenvalue weighted by molar-refractivity contribution is 5.73. The van der Waals surface area contributed by atoms with Crippen molar-refractivity contribution >= 4 is 17.6 Å². The lowest BCUT2D eigenvalue weighted by Crippen LogP contribution is -2.34. The van der Waals surface area contributed by atoms with Crippen LogP contribution in [-0.4, -0.2) is 72.1 Å². The largest absolute Gasteiger partial charge is 0.490 e. The predicted molar refractivity (Wildman–Crippen MR) is 137 cm³/mol. The fourth-order valence-corrected chi connectivity index (χ4v) is 4.07. The summed E-state index contributed by atoms with van der Waals surface area (Å²) in [4.78, 5) is 29.1. The number of fused-ring (bicyclic) bond motifs is 1. The molecule has 2 N–H and O–H groups in total. The van der Waals surface area contributed by atoms with Crippen LogP contribution in [0.3, 0.4) is 0 Å². The quantitative estimate of drug-likeness (QED) is 0.286. The zero-order valence-corrected chi connectivity index (χ0v) is 22.1. The van der Waals surface area contributed by atoms with Crippen molar-refractivity contribution in [3.8, 4) is 11.1 Å². The van der Waals surface area contributed by atoms with Gasteiger partial charge in [0.05, 0.1) is 0 Å². The van der Waals surface area contributed by atoms with Crippen LogP contribution in [-0.2, 0) is 16.1 Å². The number of benzene rings is 1. The molecule has 0 spiro atoms. The zero-order valence-electron chi connectivity index (χ0n) is 22.1.